The van der Waals surface area contributed by atoms with E-state index in [1.807, 2.05) is 61.7 Å². The largest absolute Gasteiger partial charge is 0.504 e. The van der Waals surface area contributed by atoms with Gasteiger partial charge in [-0.1, -0.05) is 42.5 Å². The van der Waals surface area contributed by atoms with Crippen molar-refractivity contribution in [3.63, 3.8) is 0 Å². The number of phenols is 1. The minimum Gasteiger partial charge on any atom is -0.504 e. The minimum atomic E-state index is -0.802. The number of fused-ring (bicyclic) bond motifs is 1. The summed E-state index contributed by atoms with van der Waals surface area (Å²) in [5, 5.41) is 14.5. The molecule has 4 rings (SSSR count). The first-order valence-corrected chi connectivity index (χ1v) is 10.8. The number of hydrogen-bond acceptors (Lipinski definition) is 6. The Hall–Kier alpha value is -3.38. The second kappa shape index (κ2) is 8.40. The van der Waals surface area contributed by atoms with Gasteiger partial charge in [0, 0.05) is 10.9 Å². The van der Waals surface area contributed by atoms with Crippen molar-refractivity contribution in [1.29, 1.82) is 0 Å². The van der Waals surface area contributed by atoms with Crippen molar-refractivity contribution in [1.82, 2.24) is 4.98 Å². The molecule has 0 amide bonds. The monoisotopic (exact) mass is 433 g/mol. The molecular formula is C25H23NO4S. The number of methoxy groups -OCH3 is 1. The number of esters is 1. The Morgan fingerprint density at radius 3 is 2.68 bits per heavy atom. The van der Waals surface area contributed by atoms with Gasteiger partial charge in [-0.15, -0.1) is 11.3 Å². The molecule has 0 spiro atoms. The maximum absolute atomic E-state index is 13.0. The lowest BCUT2D eigenvalue weighted by molar-refractivity contribution is -0.150. The molecule has 1 N–H and O–H groups in total. The zero-order chi connectivity index (χ0) is 22.0. The summed E-state index contributed by atoms with van der Waals surface area (Å²) in [7, 11) is 1.50. The summed E-state index contributed by atoms with van der Waals surface area (Å²) in [5.41, 5.74) is 1.64. The van der Waals surface area contributed by atoms with Crippen LogP contribution in [0.25, 0.3) is 21.3 Å². The van der Waals surface area contributed by atoms with Gasteiger partial charge in [-0.05, 0) is 48.4 Å². The SMILES string of the molecule is COc1cc(-c2nc(COC(=O)C(C)(C)c3cccc4ccccc34)cs2)ccc1O. The number of aromatic hydroxyl groups is 1. The van der Waals surface area contributed by atoms with Crippen LogP contribution in [-0.2, 0) is 21.6 Å². The normalized spacial score (nSPS) is 11.5. The number of carbonyl (C=O) groups is 1. The number of hydrogen-bond donors (Lipinski definition) is 1. The summed E-state index contributed by atoms with van der Waals surface area (Å²) in [6, 6.07) is 19.1. The van der Waals surface area contributed by atoms with E-state index in [-0.39, 0.29) is 18.3 Å². The predicted molar refractivity (Wildman–Crippen MR) is 123 cm³/mol. The molecule has 0 fully saturated rings. The summed E-state index contributed by atoms with van der Waals surface area (Å²) < 4.78 is 10.8. The molecule has 0 saturated carbocycles. The van der Waals surface area contributed by atoms with Gasteiger partial charge in [0.15, 0.2) is 11.5 Å². The van der Waals surface area contributed by atoms with E-state index in [9.17, 15) is 9.90 Å². The summed E-state index contributed by atoms with van der Waals surface area (Å²) in [6.07, 6.45) is 0. The van der Waals surface area contributed by atoms with E-state index in [4.69, 9.17) is 9.47 Å². The first kappa shape index (κ1) is 20.9. The van der Waals surface area contributed by atoms with E-state index in [0.717, 1.165) is 26.9 Å². The van der Waals surface area contributed by atoms with Crippen molar-refractivity contribution in [2.45, 2.75) is 25.9 Å². The van der Waals surface area contributed by atoms with E-state index in [0.29, 0.717) is 11.4 Å². The molecule has 6 heteroatoms. The van der Waals surface area contributed by atoms with E-state index in [1.165, 1.54) is 18.4 Å². The molecule has 0 unspecified atom stereocenters. The lowest BCUT2D eigenvalue weighted by Gasteiger charge is -2.24. The van der Waals surface area contributed by atoms with Gasteiger partial charge in [0.25, 0.3) is 0 Å². The highest BCUT2D eigenvalue weighted by Gasteiger charge is 2.33. The average Bonchev–Trinajstić information content (AvgIpc) is 3.26. The Kier molecular flexibility index (Phi) is 5.65. The van der Waals surface area contributed by atoms with Crippen LogP contribution in [0.3, 0.4) is 0 Å². The van der Waals surface area contributed by atoms with E-state index in [1.54, 1.807) is 18.2 Å². The Bertz CT molecular complexity index is 1240. The molecular weight excluding hydrogens is 410 g/mol. The molecule has 158 valence electrons. The molecule has 0 radical (unpaired) electrons. The zero-order valence-electron chi connectivity index (χ0n) is 17.6. The van der Waals surface area contributed by atoms with E-state index >= 15 is 0 Å². The summed E-state index contributed by atoms with van der Waals surface area (Å²) in [6.45, 7) is 3.86. The highest BCUT2D eigenvalue weighted by Crippen LogP contribution is 2.34. The van der Waals surface area contributed by atoms with Crippen molar-refractivity contribution in [3.8, 4) is 22.1 Å². The summed E-state index contributed by atoms with van der Waals surface area (Å²) in [5.74, 6) is 0.162. The van der Waals surface area contributed by atoms with Gasteiger partial charge >= 0.3 is 5.97 Å². The van der Waals surface area contributed by atoms with Crippen molar-refractivity contribution in [3.05, 3.63) is 77.3 Å². The van der Waals surface area contributed by atoms with Crippen LogP contribution in [-0.4, -0.2) is 23.2 Å². The van der Waals surface area contributed by atoms with Crippen LogP contribution in [0.1, 0.15) is 25.1 Å². The van der Waals surface area contributed by atoms with Crippen molar-refractivity contribution in [2.75, 3.05) is 7.11 Å². The van der Waals surface area contributed by atoms with Crippen molar-refractivity contribution in [2.24, 2.45) is 0 Å². The maximum atomic E-state index is 13.0. The molecule has 0 saturated heterocycles. The topological polar surface area (TPSA) is 68.7 Å². The Balaban J connectivity index is 1.50. The van der Waals surface area contributed by atoms with Crippen LogP contribution in [0.4, 0.5) is 0 Å². The van der Waals surface area contributed by atoms with Gasteiger partial charge in [0.05, 0.1) is 18.2 Å². The van der Waals surface area contributed by atoms with E-state index < -0.39 is 5.41 Å². The van der Waals surface area contributed by atoms with Crippen molar-refractivity contribution >= 4 is 28.1 Å². The number of thiazole rings is 1. The Morgan fingerprint density at radius 1 is 1.10 bits per heavy atom. The molecule has 0 atom stereocenters. The molecule has 0 aliphatic carbocycles. The first-order chi connectivity index (χ1) is 14.9. The quantitative estimate of drug-likeness (QED) is 0.395. The van der Waals surface area contributed by atoms with Crippen LogP contribution in [0.5, 0.6) is 11.5 Å². The van der Waals surface area contributed by atoms with Gasteiger partial charge in [0.1, 0.15) is 11.6 Å². The lowest BCUT2D eigenvalue weighted by Crippen LogP contribution is -2.31. The number of nitrogens with zero attached hydrogens (tertiary/aromatic N) is 1. The fourth-order valence-corrected chi connectivity index (χ4v) is 4.32. The molecule has 5 nitrogen and oxygen atoms in total. The minimum absolute atomic E-state index is 0.0765. The second-order valence-corrected chi connectivity index (χ2v) is 8.62. The molecule has 3 aromatic carbocycles. The van der Waals surface area contributed by atoms with Gasteiger partial charge < -0.3 is 14.6 Å². The third-order valence-electron chi connectivity index (χ3n) is 5.30. The molecule has 0 aliphatic heterocycles. The van der Waals surface area contributed by atoms with Crippen LogP contribution in [0, 0.1) is 0 Å². The predicted octanol–water partition coefficient (Wildman–Crippen LogP) is 5.70. The molecule has 0 aliphatic rings. The third-order valence-corrected chi connectivity index (χ3v) is 6.24. The fraction of sp³-hybridized carbons (Fsp3) is 0.200. The first-order valence-electron chi connectivity index (χ1n) is 9.87. The number of phenolic OH excluding ortho intramolecular Hbond substituents is 1. The van der Waals surface area contributed by atoms with E-state index in [2.05, 4.69) is 4.98 Å². The third kappa shape index (κ3) is 4.11. The van der Waals surface area contributed by atoms with Crippen LogP contribution < -0.4 is 4.74 Å². The smallest absolute Gasteiger partial charge is 0.316 e. The second-order valence-electron chi connectivity index (χ2n) is 7.76. The number of rotatable bonds is 6. The van der Waals surface area contributed by atoms with Gasteiger partial charge in [-0.2, -0.15) is 0 Å². The number of ether oxygens (including phenoxy) is 2. The fourth-order valence-electron chi connectivity index (χ4n) is 3.52. The average molecular weight is 434 g/mol. The molecule has 31 heavy (non-hydrogen) atoms. The maximum Gasteiger partial charge on any atom is 0.316 e. The number of carbonyl (C=O) groups excluding carboxylic acids is 1. The molecule has 1 aromatic heterocycles. The number of benzene rings is 3. The summed E-state index contributed by atoms with van der Waals surface area (Å²) >= 11 is 1.45. The van der Waals surface area contributed by atoms with Crippen LogP contribution in [0.2, 0.25) is 0 Å². The lowest BCUT2D eigenvalue weighted by atomic mass is 9.82. The van der Waals surface area contributed by atoms with Gasteiger partial charge in [0.2, 0.25) is 0 Å². The Morgan fingerprint density at radius 2 is 1.87 bits per heavy atom. The van der Waals surface area contributed by atoms with Crippen molar-refractivity contribution < 1.29 is 19.4 Å². The zero-order valence-corrected chi connectivity index (χ0v) is 18.4. The highest BCUT2D eigenvalue weighted by atomic mass is 32.1. The summed E-state index contributed by atoms with van der Waals surface area (Å²) in [4.78, 5) is 17.6. The number of aromatic nitrogens is 1. The van der Waals surface area contributed by atoms with Crippen LogP contribution in [0.15, 0.2) is 66.0 Å². The Labute approximate surface area is 184 Å². The molecule has 0 bridgehead atoms. The standard InChI is InChI=1S/C25H23NO4S/c1-25(2,20-10-6-8-16-7-4-5-9-19(16)20)24(28)30-14-18-15-31-23(26-18)17-11-12-21(27)22(13-17)29-3/h4-13,15,27H,14H2,1-3H3. The van der Waals surface area contributed by atoms with Gasteiger partial charge in [-0.3, -0.25) is 4.79 Å². The van der Waals surface area contributed by atoms with Gasteiger partial charge in [-0.25, -0.2) is 4.98 Å². The molecule has 1 heterocycles. The molecule has 4 aromatic rings. The van der Waals surface area contributed by atoms with Crippen LogP contribution >= 0.6 is 11.3 Å². The highest BCUT2D eigenvalue weighted by molar-refractivity contribution is 7.13.